The van der Waals surface area contributed by atoms with Crippen LogP contribution >= 0.6 is 0 Å². The van der Waals surface area contributed by atoms with Crippen LogP contribution in [0, 0.1) is 6.92 Å². The standard InChI is InChI=1S/C14H11F3O3S/c1-10-4-2-5-11(8-10)12-6-3-7-13(9-12)20-21(18,19)14(15,16)17/h2-9H,1H3. The van der Waals surface area contributed by atoms with Crippen LogP contribution < -0.4 is 4.18 Å². The average Bonchev–Trinajstić information content (AvgIpc) is 2.37. The van der Waals surface area contributed by atoms with E-state index in [0.29, 0.717) is 5.56 Å². The Morgan fingerprint density at radius 1 is 0.952 bits per heavy atom. The van der Waals surface area contributed by atoms with Gasteiger partial charge in [-0.2, -0.15) is 21.6 Å². The zero-order valence-electron chi connectivity index (χ0n) is 10.9. The van der Waals surface area contributed by atoms with Crippen molar-refractivity contribution in [2.75, 3.05) is 0 Å². The minimum Gasteiger partial charge on any atom is -0.376 e. The second-order valence-electron chi connectivity index (χ2n) is 4.38. The van der Waals surface area contributed by atoms with Gasteiger partial charge in [-0.1, -0.05) is 42.0 Å². The van der Waals surface area contributed by atoms with E-state index in [1.165, 1.54) is 12.1 Å². The first kappa shape index (κ1) is 15.4. The molecule has 2 rings (SSSR count). The molecule has 0 radical (unpaired) electrons. The van der Waals surface area contributed by atoms with Crippen LogP contribution in [0.4, 0.5) is 13.2 Å². The smallest absolute Gasteiger partial charge is 0.376 e. The molecule has 0 aliphatic heterocycles. The number of alkyl halides is 3. The van der Waals surface area contributed by atoms with Crippen LogP contribution in [0.1, 0.15) is 5.56 Å². The van der Waals surface area contributed by atoms with E-state index in [9.17, 15) is 21.6 Å². The summed E-state index contributed by atoms with van der Waals surface area (Å²) in [5.74, 6) is -0.383. The maximum atomic E-state index is 12.3. The van der Waals surface area contributed by atoms with E-state index in [0.717, 1.165) is 17.2 Å². The molecule has 0 N–H and O–H groups in total. The second kappa shape index (κ2) is 5.40. The minimum atomic E-state index is -5.66. The summed E-state index contributed by atoms with van der Waals surface area (Å²) >= 11 is 0. The molecule has 2 aromatic rings. The van der Waals surface area contributed by atoms with Gasteiger partial charge in [-0.25, -0.2) is 0 Å². The summed E-state index contributed by atoms with van der Waals surface area (Å²) in [7, 11) is -5.66. The van der Waals surface area contributed by atoms with Crippen LogP contribution in [0.5, 0.6) is 5.75 Å². The van der Waals surface area contributed by atoms with Gasteiger partial charge in [-0.05, 0) is 30.2 Å². The van der Waals surface area contributed by atoms with E-state index in [1.807, 2.05) is 19.1 Å². The summed E-state index contributed by atoms with van der Waals surface area (Å²) in [5, 5.41) is 0. The highest BCUT2D eigenvalue weighted by atomic mass is 32.2. The number of halogens is 3. The van der Waals surface area contributed by atoms with Gasteiger partial charge in [0.05, 0.1) is 0 Å². The Labute approximate surface area is 120 Å². The van der Waals surface area contributed by atoms with Crippen LogP contribution in [0.15, 0.2) is 48.5 Å². The first-order chi connectivity index (χ1) is 9.69. The SMILES string of the molecule is Cc1cccc(-c2cccc(OS(=O)(=O)C(F)(F)F)c2)c1. The molecule has 0 fully saturated rings. The molecule has 7 heteroatoms. The molecule has 0 atom stereocenters. The first-order valence-corrected chi connectivity index (χ1v) is 7.28. The van der Waals surface area contributed by atoms with Gasteiger partial charge in [0.1, 0.15) is 5.75 Å². The van der Waals surface area contributed by atoms with Crippen LogP contribution in [-0.4, -0.2) is 13.9 Å². The van der Waals surface area contributed by atoms with E-state index in [2.05, 4.69) is 4.18 Å². The fraction of sp³-hybridized carbons (Fsp3) is 0.143. The maximum absolute atomic E-state index is 12.3. The van der Waals surface area contributed by atoms with Gasteiger partial charge >= 0.3 is 15.6 Å². The summed E-state index contributed by atoms with van der Waals surface area (Å²) in [4.78, 5) is 0. The van der Waals surface area contributed by atoms with Crippen molar-refractivity contribution in [3.63, 3.8) is 0 Å². The van der Waals surface area contributed by atoms with Crippen LogP contribution in [-0.2, 0) is 10.1 Å². The topological polar surface area (TPSA) is 43.4 Å². The van der Waals surface area contributed by atoms with Crippen molar-refractivity contribution in [2.45, 2.75) is 12.4 Å². The highest BCUT2D eigenvalue weighted by Crippen LogP contribution is 2.29. The van der Waals surface area contributed by atoms with Crippen LogP contribution in [0.3, 0.4) is 0 Å². The zero-order valence-corrected chi connectivity index (χ0v) is 11.7. The Hall–Kier alpha value is -2.02. The van der Waals surface area contributed by atoms with Crippen molar-refractivity contribution < 1.29 is 25.8 Å². The van der Waals surface area contributed by atoms with Gasteiger partial charge in [-0.15, -0.1) is 0 Å². The number of hydrogen-bond acceptors (Lipinski definition) is 3. The number of aryl methyl sites for hydroxylation is 1. The van der Waals surface area contributed by atoms with Crippen molar-refractivity contribution in [3.05, 3.63) is 54.1 Å². The van der Waals surface area contributed by atoms with Crippen molar-refractivity contribution in [1.29, 1.82) is 0 Å². The Morgan fingerprint density at radius 2 is 1.52 bits per heavy atom. The van der Waals surface area contributed by atoms with Crippen molar-refractivity contribution >= 4 is 10.1 Å². The normalized spacial score (nSPS) is 12.2. The van der Waals surface area contributed by atoms with Gasteiger partial charge in [0.25, 0.3) is 0 Å². The maximum Gasteiger partial charge on any atom is 0.534 e. The molecule has 21 heavy (non-hydrogen) atoms. The molecule has 0 unspecified atom stereocenters. The summed E-state index contributed by atoms with van der Waals surface area (Å²) in [5.41, 5.74) is -3.16. The Kier molecular flexibility index (Phi) is 3.95. The summed E-state index contributed by atoms with van der Waals surface area (Å²) in [6.45, 7) is 1.87. The number of hydrogen-bond donors (Lipinski definition) is 0. The lowest BCUT2D eigenvalue weighted by atomic mass is 10.0. The van der Waals surface area contributed by atoms with E-state index in [-0.39, 0.29) is 5.75 Å². The quantitative estimate of drug-likeness (QED) is 0.637. The van der Waals surface area contributed by atoms with Gasteiger partial charge in [-0.3, -0.25) is 0 Å². The molecule has 0 saturated carbocycles. The van der Waals surface area contributed by atoms with Gasteiger partial charge in [0, 0.05) is 0 Å². The Balaban J connectivity index is 2.35. The number of rotatable bonds is 3. The van der Waals surface area contributed by atoms with Crippen molar-refractivity contribution in [2.24, 2.45) is 0 Å². The third-order valence-electron chi connectivity index (χ3n) is 2.67. The van der Waals surface area contributed by atoms with Crippen molar-refractivity contribution in [3.8, 4) is 16.9 Å². The minimum absolute atomic E-state index is 0.383. The molecule has 0 saturated heterocycles. The zero-order chi connectivity index (χ0) is 15.7. The van der Waals surface area contributed by atoms with Crippen LogP contribution in [0.2, 0.25) is 0 Å². The third-order valence-corrected chi connectivity index (χ3v) is 3.65. The Morgan fingerprint density at radius 3 is 2.10 bits per heavy atom. The van der Waals surface area contributed by atoms with E-state index < -0.39 is 15.6 Å². The summed E-state index contributed by atoms with van der Waals surface area (Å²) in [6.07, 6.45) is 0. The van der Waals surface area contributed by atoms with Gasteiger partial charge < -0.3 is 4.18 Å². The highest BCUT2D eigenvalue weighted by Gasteiger charge is 2.48. The predicted octanol–water partition coefficient (Wildman–Crippen LogP) is 3.89. The molecule has 3 nitrogen and oxygen atoms in total. The fourth-order valence-electron chi connectivity index (χ4n) is 1.73. The molecule has 0 aliphatic rings. The fourth-order valence-corrected chi connectivity index (χ4v) is 2.18. The highest BCUT2D eigenvalue weighted by molar-refractivity contribution is 7.88. The summed E-state index contributed by atoms with van der Waals surface area (Å²) in [6, 6.07) is 12.8. The lowest BCUT2D eigenvalue weighted by Crippen LogP contribution is -2.28. The molecule has 2 aromatic carbocycles. The molecule has 0 aliphatic carbocycles. The molecule has 112 valence electrons. The second-order valence-corrected chi connectivity index (χ2v) is 5.92. The summed E-state index contributed by atoms with van der Waals surface area (Å²) < 4.78 is 62.9. The van der Waals surface area contributed by atoms with Gasteiger partial charge in [0.15, 0.2) is 0 Å². The molecular weight excluding hydrogens is 305 g/mol. The monoisotopic (exact) mass is 316 g/mol. The first-order valence-electron chi connectivity index (χ1n) is 5.87. The number of benzene rings is 2. The van der Waals surface area contributed by atoms with E-state index >= 15 is 0 Å². The van der Waals surface area contributed by atoms with E-state index in [4.69, 9.17) is 0 Å². The molecule has 0 bridgehead atoms. The molecule has 0 amide bonds. The largest absolute Gasteiger partial charge is 0.534 e. The van der Waals surface area contributed by atoms with Gasteiger partial charge in [0.2, 0.25) is 0 Å². The average molecular weight is 316 g/mol. The predicted molar refractivity (Wildman–Crippen MR) is 72.2 cm³/mol. The van der Waals surface area contributed by atoms with Crippen LogP contribution in [0.25, 0.3) is 11.1 Å². The van der Waals surface area contributed by atoms with E-state index in [1.54, 1.807) is 18.2 Å². The molecule has 0 spiro atoms. The Bertz CT molecular complexity index is 752. The third kappa shape index (κ3) is 3.55. The lowest BCUT2D eigenvalue weighted by Gasteiger charge is -2.10. The lowest BCUT2D eigenvalue weighted by molar-refractivity contribution is -0.0500. The van der Waals surface area contributed by atoms with Crippen molar-refractivity contribution in [1.82, 2.24) is 0 Å². The molecule has 0 aromatic heterocycles. The molecular formula is C14H11F3O3S. The molecule has 0 heterocycles.